The Labute approximate surface area is 109 Å². The fourth-order valence-electron chi connectivity index (χ4n) is 1.89. The molecule has 0 bridgehead atoms. The smallest absolute Gasteiger partial charge is 0.220 e. The van der Waals surface area contributed by atoms with Gasteiger partial charge >= 0.3 is 0 Å². The fourth-order valence-corrected chi connectivity index (χ4v) is 1.89. The van der Waals surface area contributed by atoms with Gasteiger partial charge in [-0.1, -0.05) is 0 Å². The number of nitrogens with two attached hydrogens (primary N) is 1. The lowest BCUT2D eigenvalue weighted by molar-refractivity contribution is 0.297. The van der Waals surface area contributed by atoms with E-state index in [0.29, 0.717) is 30.3 Å². The van der Waals surface area contributed by atoms with Gasteiger partial charge in [-0.05, 0) is 18.2 Å². The molecule has 6 heteroatoms. The maximum Gasteiger partial charge on any atom is 0.220 e. The first-order valence-electron chi connectivity index (χ1n) is 5.92. The van der Waals surface area contributed by atoms with Crippen LogP contribution in [0.25, 0.3) is 11.3 Å². The molecular formula is C13H12FN3O2. The zero-order valence-corrected chi connectivity index (χ0v) is 10.1. The van der Waals surface area contributed by atoms with Crippen molar-refractivity contribution >= 4 is 5.95 Å². The summed E-state index contributed by atoms with van der Waals surface area (Å²) in [5.41, 5.74) is 6.22. The van der Waals surface area contributed by atoms with E-state index in [1.807, 2.05) is 0 Å². The van der Waals surface area contributed by atoms with Gasteiger partial charge in [-0.15, -0.1) is 0 Å². The van der Waals surface area contributed by atoms with Crippen LogP contribution in [0, 0.1) is 5.82 Å². The molecule has 5 nitrogen and oxygen atoms in total. The van der Waals surface area contributed by atoms with E-state index in [-0.39, 0.29) is 11.6 Å². The number of rotatable bonds is 1. The van der Waals surface area contributed by atoms with Crippen molar-refractivity contribution in [2.75, 3.05) is 18.9 Å². The van der Waals surface area contributed by atoms with Gasteiger partial charge in [-0.25, -0.2) is 14.4 Å². The van der Waals surface area contributed by atoms with E-state index >= 15 is 0 Å². The molecule has 3 rings (SSSR count). The standard InChI is InChI=1S/C13H12FN3O2/c14-9-7-16-13(15)17-12(9)8-2-3-10-11(6-8)19-5-1-4-18-10/h2-3,6-7H,1,4-5H2,(H2,15,16,17). The van der Waals surface area contributed by atoms with Crippen LogP contribution in [-0.4, -0.2) is 23.2 Å². The van der Waals surface area contributed by atoms with Gasteiger partial charge in [0.2, 0.25) is 5.95 Å². The van der Waals surface area contributed by atoms with Crippen molar-refractivity contribution in [2.45, 2.75) is 6.42 Å². The molecule has 0 unspecified atom stereocenters. The Kier molecular flexibility index (Phi) is 2.91. The highest BCUT2D eigenvalue weighted by Gasteiger charge is 2.14. The van der Waals surface area contributed by atoms with E-state index in [2.05, 4.69) is 9.97 Å². The van der Waals surface area contributed by atoms with Crippen molar-refractivity contribution in [3.8, 4) is 22.8 Å². The van der Waals surface area contributed by atoms with Crippen molar-refractivity contribution in [3.05, 3.63) is 30.2 Å². The Morgan fingerprint density at radius 3 is 2.79 bits per heavy atom. The molecule has 1 aliphatic heterocycles. The van der Waals surface area contributed by atoms with Crippen molar-refractivity contribution in [3.63, 3.8) is 0 Å². The lowest BCUT2D eigenvalue weighted by Gasteiger charge is -2.09. The zero-order valence-electron chi connectivity index (χ0n) is 10.1. The number of anilines is 1. The molecule has 0 spiro atoms. The summed E-state index contributed by atoms with van der Waals surface area (Å²) in [5, 5.41) is 0. The monoisotopic (exact) mass is 261 g/mol. The van der Waals surface area contributed by atoms with Gasteiger partial charge < -0.3 is 15.2 Å². The van der Waals surface area contributed by atoms with Crippen LogP contribution < -0.4 is 15.2 Å². The molecule has 0 fully saturated rings. The molecule has 1 aromatic heterocycles. The highest BCUT2D eigenvalue weighted by molar-refractivity contribution is 5.65. The van der Waals surface area contributed by atoms with Gasteiger partial charge in [0.15, 0.2) is 17.3 Å². The summed E-state index contributed by atoms with van der Waals surface area (Å²) in [6.07, 6.45) is 1.87. The Bertz CT molecular complexity index is 619. The van der Waals surface area contributed by atoms with E-state index in [1.54, 1.807) is 18.2 Å². The van der Waals surface area contributed by atoms with E-state index in [4.69, 9.17) is 15.2 Å². The maximum atomic E-state index is 13.7. The molecule has 0 aliphatic carbocycles. The number of hydrogen-bond acceptors (Lipinski definition) is 5. The molecule has 0 atom stereocenters. The molecule has 98 valence electrons. The normalized spacial score (nSPS) is 13.9. The van der Waals surface area contributed by atoms with E-state index in [9.17, 15) is 4.39 Å². The summed E-state index contributed by atoms with van der Waals surface area (Å²) in [6, 6.07) is 5.16. The molecule has 1 aromatic carbocycles. The van der Waals surface area contributed by atoms with Crippen molar-refractivity contribution in [2.24, 2.45) is 0 Å². The first-order chi connectivity index (χ1) is 9.24. The fraction of sp³-hybridized carbons (Fsp3) is 0.231. The molecular weight excluding hydrogens is 249 g/mol. The van der Waals surface area contributed by atoms with Crippen LogP contribution in [0.4, 0.5) is 10.3 Å². The number of halogens is 1. The number of fused-ring (bicyclic) bond motifs is 1. The topological polar surface area (TPSA) is 70.3 Å². The number of aromatic nitrogens is 2. The van der Waals surface area contributed by atoms with Crippen LogP contribution in [-0.2, 0) is 0 Å². The second kappa shape index (κ2) is 4.72. The number of nitrogens with zero attached hydrogens (tertiary/aromatic N) is 2. The van der Waals surface area contributed by atoms with Gasteiger partial charge in [0.1, 0.15) is 5.69 Å². The molecule has 0 radical (unpaired) electrons. The zero-order chi connectivity index (χ0) is 13.2. The van der Waals surface area contributed by atoms with Gasteiger partial charge in [0.25, 0.3) is 0 Å². The van der Waals surface area contributed by atoms with E-state index in [1.165, 1.54) is 0 Å². The lowest BCUT2D eigenvalue weighted by atomic mass is 10.1. The average molecular weight is 261 g/mol. The van der Waals surface area contributed by atoms with Crippen LogP contribution in [0.5, 0.6) is 11.5 Å². The number of benzene rings is 1. The van der Waals surface area contributed by atoms with Gasteiger partial charge in [-0.2, -0.15) is 0 Å². The molecule has 0 saturated carbocycles. The minimum atomic E-state index is -0.524. The first kappa shape index (κ1) is 11.7. The number of nitrogen functional groups attached to an aromatic ring is 1. The average Bonchev–Trinajstić information content (AvgIpc) is 2.66. The minimum Gasteiger partial charge on any atom is -0.490 e. The second-order valence-corrected chi connectivity index (χ2v) is 4.14. The first-order valence-corrected chi connectivity index (χ1v) is 5.92. The van der Waals surface area contributed by atoms with Crippen molar-refractivity contribution < 1.29 is 13.9 Å². The van der Waals surface area contributed by atoms with Crippen molar-refractivity contribution in [1.82, 2.24) is 9.97 Å². The van der Waals surface area contributed by atoms with Gasteiger partial charge in [0.05, 0.1) is 19.4 Å². The summed E-state index contributed by atoms with van der Waals surface area (Å²) < 4.78 is 24.8. The number of ether oxygens (including phenoxy) is 2. The number of hydrogen-bond donors (Lipinski definition) is 1. The van der Waals surface area contributed by atoms with Crippen LogP contribution in [0.15, 0.2) is 24.4 Å². The Morgan fingerprint density at radius 1 is 1.16 bits per heavy atom. The Balaban J connectivity index is 2.06. The SMILES string of the molecule is Nc1ncc(F)c(-c2ccc3c(c2)OCCCO3)n1. The summed E-state index contributed by atoms with van der Waals surface area (Å²) in [7, 11) is 0. The summed E-state index contributed by atoms with van der Waals surface area (Å²) in [5.74, 6) is 0.752. The largest absolute Gasteiger partial charge is 0.490 e. The molecule has 0 saturated heterocycles. The van der Waals surface area contributed by atoms with Crippen LogP contribution in [0.2, 0.25) is 0 Å². The van der Waals surface area contributed by atoms with Gasteiger partial charge in [0, 0.05) is 12.0 Å². The third-order valence-electron chi connectivity index (χ3n) is 2.78. The highest BCUT2D eigenvalue weighted by Crippen LogP contribution is 2.34. The maximum absolute atomic E-state index is 13.7. The van der Waals surface area contributed by atoms with Crippen molar-refractivity contribution in [1.29, 1.82) is 0 Å². The predicted octanol–water partition coefficient (Wildman–Crippen LogP) is 2.03. The summed E-state index contributed by atoms with van der Waals surface area (Å²) in [4.78, 5) is 7.51. The molecule has 2 heterocycles. The second-order valence-electron chi connectivity index (χ2n) is 4.14. The summed E-state index contributed by atoms with van der Waals surface area (Å²) >= 11 is 0. The highest BCUT2D eigenvalue weighted by atomic mass is 19.1. The third-order valence-corrected chi connectivity index (χ3v) is 2.78. The lowest BCUT2D eigenvalue weighted by Crippen LogP contribution is -1.99. The molecule has 1 aliphatic rings. The van der Waals surface area contributed by atoms with E-state index < -0.39 is 5.82 Å². The summed E-state index contributed by atoms with van der Waals surface area (Å²) in [6.45, 7) is 1.19. The van der Waals surface area contributed by atoms with Crippen LogP contribution in [0.1, 0.15) is 6.42 Å². The Morgan fingerprint density at radius 2 is 1.95 bits per heavy atom. The minimum absolute atomic E-state index is 0.0310. The Hall–Kier alpha value is -2.37. The predicted molar refractivity (Wildman–Crippen MR) is 67.4 cm³/mol. The molecule has 2 N–H and O–H groups in total. The van der Waals surface area contributed by atoms with Crippen LogP contribution in [0.3, 0.4) is 0 Å². The van der Waals surface area contributed by atoms with Crippen LogP contribution >= 0.6 is 0 Å². The van der Waals surface area contributed by atoms with E-state index in [0.717, 1.165) is 12.6 Å². The van der Waals surface area contributed by atoms with Gasteiger partial charge in [-0.3, -0.25) is 0 Å². The molecule has 2 aromatic rings. The molecule has 0 amide bonds. The third kappa shape index (κ3) is 2.29. The molecule has 19 heavy (non-hydrogen) atoms. The quantitative estimate of drug-likeness (QED) is 0.850.